The minimum absolute atomic E-state index is 0.00185. The van der Waals surface area contributed by atoms with Gasteiger partial charge in [0.05, 0.1) is 0 Å². The molecule has 178 valence electrons. The van der Waals surface area contributed by atoms with E-state index in [1.54, 1.807) is 0 Å². The van der Waals surface area contributed by atoms with Crippen LogP contribution in [0.2, 0.25) is 0 Å². The molecule has 0 unspecified atom stereocenters. The lowest BCUT2D eigenvalue weighted by Crippen LogP contribution is -2.42. The van der Waals surface area contributed by atoms with Crippen LogP contribution in [0.4, 0.5) is 0 Å². The second-order valence-electron chi connectivity index (χ2n) is 8.85. The number of hydrogen-bond acceptors (Lipinski definition) is 2. The number of nitrogens with zero attached hydrogens (tertiary/aromatic N) is 1. The van der Waals surface area contributed by atoms with Gasteiger partial charge in [0.2, 0.25) is 14.6 Å². The van der Waals surface area contributed by atoms with Crippen LogP contribution in [0.3, 0.4) is 0 Å². The fraction of sp³-hybridized carbons (Fsp3) is 0.172. The summed E-state index contributed by atoms with van der Waals surface area (Å²) in [6, 6.07) is 38.9. The minimum atomic E-state index is -3.07. The van der Waals surface area contributed by atoms with Gasteiger partial charge in [-0.05, 0) is 61.4 Å². The summed E-state index contributed by atoms with van der Waals surface area (Å²) < 4.78 is 31.6. The predicted octanol–water partition coefficient (Wildman–Crippen LogP) is 4.90. The van der Waals surface area contributed by atoms with Crippen molar-refractivity contribution in [2.75, 3.05) is 13.1 Å². The van der Waals surface area contributed by atoms with Gasteiger partial charge in [-0.3, -0.25) is 14.2 Å². The largest absolute Gasteiger partial charge is 0.297 e. The molecule has 1 fully saturated rings. The van der Waals surface area contributed by atoms with Crippen LogP contribution in [0, 0.1) is 0 Å². The maximum absolute atomic E-state index is 14.9. The SMILES string of the molecule is O=P(NC[C@@H]1CCCN1P(=O)(c1ccccc1)c1ccccc1)(c1ccccc1)c1ccccc1. The van der Waals surface area contributed by atoms with Crippen molar-refractivity contribution in [2.24, 2.45) is 0 Å². The molecule has 1 aliphatic heterocycles. The van der Waals surface area contributed by atoms with Crippen molar-refractivity contribution >= 4 is 35.8 Å². The highest BCUT2D eigenvalue weighted by Crippen LogP contribution is 2.52. The van der Waals surface area contributed by atoms with Crippen LogP contribution in [0.5, 0.6) is 0 Å². The first kappa shape index (κ1) is 24.0. The summed E-state index contributed by atoms with van der Waals surface area (Å²) in [5.41, 5.74) is 0. The molecule has 4 aromatic carbocycles. The fourth-order valence-electron chi connectivity index (χ4n) is 4.95. The van der Waals surface area contributed by atoms with E-state index < -0.39 is 14.6 Å². The Morgan fingerprint density at radius 3 is 1.46 bits per heavy atom. The first-order chi connectivity index (χ1) is 17.1. The van der Waals surface area contributed by atoms with E-state index in [1.165, 1.54) is 0 Å². The molecule has 1 atom stereocenters. The van der Waals surface area contributed by atoms with Gasteiger partial charge in [-0.2, -0.15) is 0 Å². The summed E-state index contributed by atoms with van der Waals surface area (Å²) in [5.74, 6) is 0. The van der Waals surface area contributed by atoms with Crippen LogP contribution in [0.25, 0.3) is 0 Å². The molecule has 5 rings (SSSR count). The van der Waals surface area contributed by atoms with Crippen molar-refractivity contribution in [3.8, 4) is 0 Å². The smallest absolute Gasteiger partial charge is 0.207 e. The van der Waals surface area contributed by atoms with Crippen molar-refractivity contribution in [3.63, 3.8) is 0 Å². The van der Waals surface area contributed by atoms with Gasteiger partial charge < -0.3 is 0 Å². The zero-order chi connectivity index (χ0) is 24.1. The van der Waals surface area contributed by atoms with Gasteiger partial charge in [0.1, 0.15) is 0 Å². The van der Waals surface area contributed by atoms with Gasteiger partial charge in [0.15, 0.2) is 0 Å². The van der Waals surface area contributed by atoms with Crippen LogP contribution >= 0.6 is 14.6 Å². The standard InChI is InChI=1S/C29H30N2O2P2/c32-34(26-15-5-1-6-16-26,27-17-7-2-8-18-27)30-24-25-14-13-23-31(25)35(33,28-19-9-3-10-20-28)29-21-11-4-12-22-29/h1-12,15-22,25H,13-14,23-24H2,(H,30,32)/t25-/m0/s1. The molecule has 0 spiro atoms. The summed E-state index contributed by atoms with van der Waals surface area (Å²) in [4.78, 5) is 0. The van der Waals surface area contributed by atoms with E-state index >= 15 is 0 Å². The van der Waals surface area contributed by atoms with Crippen LogP contribution in [-0.4, -0.2) is 23.8 Å². The van der Waals surface area contributed by atoms with E-state index in [9.17, 15) is 9.13 Å². The van der Waals surface area contributed by atoms with E-state index in [-0.39, 0.29) is 6.04 Å². The number of hydrogen-bond donors (Lipinski definition) is 1. The normalized spacial score (nSPS) is 16.9. The van der Waals surface area contributed by atoms with Crippen LogP contribution in [0.15, 0.2) is 121 Å². The molecule has 1 N–H and O–H groups in total. The van der Waals surface area contributed by atoms with E-state index in [0.717, 1.165) is 40.6 Å². The van der Waals surface area contributed by atoms with E-state index in [1.807, 2.05) is 121 Å². The highest BCUT2D eigenvalue weighted by atomic mass is 31.2. The molecule has 0 saturated carbocycles. The molecule has 0 aliphatic carbocycles. The van der Waals surface area contributed by atoms with Crippen LogP contribution in [0.1, 0.15) is 12.8 Å². The Bertz CT molecular complexity index is 1250. The molecule has 1 saturated heterocycles. The molecule has 1 heterocycles. The summed E-state index contributed by atoms with van der Waals surface area (Å²) >= 11 is 0. The lowest BCUT2D eigenvalue weighted by molar-refractivity contribution is 0.394. The Morgan fingerprint density at radius 2 is 1.03 bits per heavy atom. The van der Waals surface area contributed by atoms with Gasteiger partial charge >= 0.3 is 0 Å². The monoisotopic (exact) mass is 500 g/mol. The van der Waals surface area contributed by atoms with Crippen molar-refractivity contribution in [3.05, 3.63) is 121 Å². The molecular formula is C29H30N2O2P2. The molecule has 4 nitrogen and oxygen atoms in total. The van der Waals surface area contributed by atoms with E-state index in [4.69, 9.17) is 0 Å². The third-order valence-electron chi connectivity index (χ3n) is 6.71. The zero-order valence-corrected chi connectivity index (χ0v) is 21.4. The van der Waals surface area contributed by atoms with E-state index in [0.29, 0.717) is 6.54 Å². The van der Waals surface area contributed by atoms with Crippen molar-refractivity contribution < 1.29 is 9.13 Å². The summed E-state index contributed by atoms with van der Waals surface area (Å²) in [6.45, 7) is 1.24. The fourth-order valence-corrected chi connectivity index (χ4v) is 10.4. The van der Waals surface area contributed by atoms with Gasteiger partial charge in [-0.1, -0.05) is 72.8 Å². The first-order valence-corrected chi connectivity index (χ1v) is 15.4. The number of benzene rings is 4. The van der Waals surface area contributed by atoms with Crippen LogP contribution < -0.4 is 26.3 Å². The molecule has 0 amide bonds. The summed E-state index contributed by atoms with van der Waals surface area (Å²) in [5, 5.41) is 6.71. The first-order valence-electron chi connectivity index (χ1n) is 12.1. The Labute approximate surface area is 207 Å². The molecule has 0 bridgehead atoms. The number of rotatable bonds is 8. The van der Waals surface area contributed by atoms with Gasteiger partial charge in [0, 0.05) is 40.3 Å². The zero-order valence-electron chi connectivity index (χ0n) is 19.6. The molecule has 0 radical (unpaired) electrons. The second-order valence-corrected chi connectivity index (χ2v) is 14.1. The number of nitrogens with one attached hydrogen (secondary N) is 1. The lowest BCUT2D eigenvalue weighted by Gasteiger charge is -2.34. The average molecular weight is 501 g/mol. The molecular weight excluding hydrogens is 470 g/mol. The van der Waals surface area contributed by atoms with Gasteiger partial charge in [0.25, 0.3) is 0 Å². The Kier molecular flexibility index (Phi) is 7.18. The van der Waals surface area contributed by atoms with Crippen molar-refractivity contribution in [1.82, 2.24) is 9.76 Å². The lowest BCUT2D eigenvalue weighted by atomic mass is 10.2. The van der Waals surface area contributed by atoms with Crippen molar-refractivity contribution in [1.29, 1.82) is 0 Å². The van der Waals surface area contributed by atoms with Gasteiger partial charge in [-0.25, -0.2) is 4.67 Å². The molecule has 0 aromatic heterocycles. The van der Waals surface area contributed by atoms with Crippen LogP contribution in [-0.2, 0) is 9.13 Å². The van der Waals surface area contributed by atoms with E-state index in [2.05, 4.69) is 9.76 Å². The minimum Gasteiger partial charge on any atom is -0.297 e. The maximum Gasteiger partial charge on any atom is 0.207 e. The Balaban J connectivity index is 1.49. The predicted molar refractivity (Wildman–Crippen MR) is 147 cm³/mol. The molecule has 4 aromatic rings. The topological polar surface area (TPSA) is 49.4 Å². The quantitative estimate of drug-likeness (QED) is 0.350. The molecule has 6 heteroatoms. The third kappa shape index (κ3) is 4.73. The second kappa shape index (κ2) is 10.5. The van der Waals surface area contributed by atoms with Crippen molar-refractivity contribution in [2.45, 2.75) is 18.9 Å². The highest BCUT2D eigenvalue weighted by molar-refractivity contribution is 7.77. The highest BCUT2D eigenvalue weighted by Gasteiger charge is 2.42. The summed E-state index contributed by atoms with van der Waals surface area (Å²) in [6.07, 6.45) is 1.86. The Morgan fingerprint density at radius 1 is 0.629 bits per heavy atom. The average Bonchev–Trinajstić information content (AvgIpc) is 3.42. The third-order valence-corrected chi connectivity index (χ3v) is 12.6. The summed E-state index contributed by atoms with van der Waals surface area (Å²) in [7, 11) is -6.12. The molecule has 1 aliphatic rings. The Hall–Kier alpha value is -2.74. The maximum atomic E-state index is 14.9. The van der Waals surface area contributed by atoms with Gasteiger partial charge in [-0.15, -0.1) is 0 Å². The molecule has 35 heavy (non-hydrogen) atoms.